The molecule has 2 heterocycles. The Balaban J connectivity index is 1.43. The molecule has 6 heteroatoms. The molecule has 3 aromatic rings. The molecule has 0 radical (unpaired) electrons. The monoisotopic (exact) mass is 384 g/mol. The number of benzene rings is 1. The van der Waals surface area contributed by atoms with Crippen molar-refractivity contribution in [3.8, 4) is 11.3 Å². The third-order valence-electron chi connectivity index (χ3n) is 5.31. The van der Waals surface area contributed by atoms with Gasteiger partial charge in [0.15, 0.2) is 11.7 Å². The highest BCUT2D eigenvalue weighted by atomic mass is 16.4. The lowest BCUT2D eigenvalue weighted by atomic mass is 9.85. The lowest BCUT2D eigenvalue weighted by molar-refractivity contribution is -0.121. The summed E-state index contributed by atoms with van der Waals surface area (Å²) in [6.07, 6.45) is 4.79. The zero-order valence-corrected chi connectivity index (χ0v) is 15.6. The molecule has 0 bridgehead atoms. The third-order valence-corrected chi connectivity index (χ3v) is 5.31. The second-order valence-corrected chi connectivity index (χ2v) is 7.24. The Morgan fingerprint density at radius 1 is 1.14 bits per heavy atom. The topological polar surface area (TPSA) is 71.3 Å². The van der Waals surface area contributed by atoms with E-state index in [0.717, 1.165) is 16.3 Å². The first-order chi connectivity index (χ1) is 15.9. The van der Waals surface area contributed by atoms with Crippen LogP contribution < -0.4 is 5.32 Å². The average Bonchev–Trinajstić information content (AvgIpc) is 3.18. The van der Waals surface area contributed by atoms with Gasteiger partial charge in [0.2, 0.25) is 5.91 Å². The molecule has 1 saturated carbocycles. The Morgan fingerprint density at radius 3 is 2.68 bits per heavy atom. The van der Waals surface area contributed by atoms with Gasteiger partial charge in [0, 0.05) is 44.3 Å². The highest BCUT2D eigenvalue weighted by Gasteiger charge is 2.27. The van der Waals surface area contributed by atoms with E-state index in [0.29, 0.717) is 48.1 Å². The predicted molar refractivity (Wildman–Crippen MR) is 110 cm³/mol. The van der Waals surface area contributed by atoms with Crippen LogP contribution in [0.3, 0.4) is 0 Å². The molecule has 1 fully saturated rings. The first-order valence-electron chi connectivity index (χ1n) is 12.3. The third kappa shape index (κ3) is 3.92. The number of aromatic nitrogens is 2. The van der Waals surface area contributed by atoms with E-state index in [2.05, 4.69) is 15.3 Å². The maximum Gasteiger partial charge on any atom is 0.228 e. The number of hydrogen-bond donors (Lipinski definition) is 1. The zero-order chi connectivity index (χ0) is 24.7. The van der Waals surface area contributed by atoms with Crippen LogP contribution in [0.4, 0.5) is 5.82 Å². The summed E-state index contributed by atoms with van der Waals surface area (Å²) in [5, 5.41) is 4.64. The van der Waals surface area contributed by atoms with E-state index in [1.807, 2.05) is 18.2 Å². The van der Waals surface area contributed by atoms with Gasteiger partial charge in [-0.1, -0.05) is 12.1 Å². The summed E-state index contributed by atoms with van der Waals surface area (Å²) in [4.78, 5) is 21.9. The molecule has 2 aromatic heterocycles. The maximum absolute atomic E-state index is 12.9. The van der Waals surface area contributed by atoms with Crippen LogP contribution in [0.2, 0.25) is 0 Å². The molecule has 0 aliphatic heterocycles. The van der Waals surface area contributed by atoms with Crippen molar-refractivity contribution >= 4 is 22.5 Å². The van der Waals surface area contributed by atoms with Crippen LogP contribution >= 0.6 is 0 Å². The number of carbonyl (C=O) groups is 1. The standard InChI is InChI=1S/C22H26N4O2/c1-14-23-13-20(28-14)16-4-5-17-12-24-21(11-18(17)10-16)25-22(27)15-6-8-19(9-7-15)26(2)3/h4-5,10-13,15,19H,6-9H2,1-3H3,(H,24,25,27)/t15-,19-/i2D3,3D3. The quantitative estimate of drug-likeness (QED) is 0.728. The lowest BCUT2D eigenvalue weighted by Crippen LogP contribution is -2.35. The van der Waals surface area contributed by atoms with E-state index in [4.69, 9.17) is 12.6 Å². The molecule has 0 spiro atoms. The van der Waals surface area contributed by atoms with Crippen molar-refractivity contribution in [3.05, 3.63) is 42.5 Å². The second kappa shape index (κ2) is 7.72. The van der Waals surface area contributed by atoms with E-state index in [1.165, 1.54) is 0 Å². The minimum Gasteiger partial charge on any atom is -0.441 e. The fourth-order valence-electron chi connectivity index (χ4n) is 3.68. The normalized spacial score (nSPS) is 23.9. The summed E-state index contributed by atoms with van der Waals surface area (Å²) in [6, 6.07) is 6.94. The van der Waals surface area contributed by atoms with E-state index in [9.17, 15) is 4.79 Å². The molecule has 0 atom stereocenters. The molecular formula is C22H26N4O2. The number of nitrogens with one attached hydrogen (secondary N) is 1. The van der Waals surface area contributed by atoms with E-state index in [1.54, 1.807) is 25.4 Å². The number of nitrogens with zero attached hydrogens (tertiary/aromatic N) is 3. The number of pyridine rings is 1. The Bertz CT molecular complexity index is 1170. The van der Waals surface area contributed by atoms with Crippen molar-refractivity contribution in [1.29, 1.82) is 0 Å². The van der Waals surface area contributed by atoms with Gasteiger partial charge in [0.25, 0.3) is 0 Å². The van der Waals surface area contributed by atoms with Crippen LogP contribution in [0.1, 0.15) is 39.8 Å². The van der Waals surface area contributed by atoms with Gasteiger partial charge >= 0.3 is 0 Å². The van der Waals surface area contributed by atoms with Gasteiger partial charge in [-0.2, -0.15) is 0 Å². The number of rotatable bonds is 4. The molecule has 4 rings (SSSR count). The highest BCUT2D eigenvalue weighted by Crippen LogP contribution is 2.29. The average molecular weight is 385 g/mol. The fraction of sp³-hybridized carbons (Fsp3) is 0.409. The summed E-state index contributed by atoms with van der Waals surface area (Å²) in [5.41, 5.74) is 0.864. The Hall–Kier alpha value is -2.73. The van der Waals surface area contributed by atoms with E-state index in [-0.39, 0.29) is 11.8 Å². The SMILES string of the molecule is [2H]C([2H])([2H])N([C@H]1CC[C@H](C(=O)Nc2cc3cc(-c4cnc(C)o4)ccc3cn2)CC1)C([2H])([2H])[2H]. The van der Waals surface area contributed by atoms with Crippen molar-refractivity contribution < 1.29 is 17.4 Å². The molecule has 1 aliphatic rings. The largest absolute Gasteiger partial charge is 0.441 e. The summed E-state index contributed by atoms with van der Waals surface area (Å²) < 4.78 is 51.2. The molecule has 6 nitrogen and oxygen atoms in total. The smallest absolute Gasteiger partial charge is 0.228 e. The zero-order valence-electron chi connectivity index (χ0n) is 21.6. The van der Waals surface area contributed by atoms with Crippen molar-refractivity contribution in [2.24, 2.45) is 5.92 Å². The van der Waals surface area contributed by atoms with Gasteiger partial charge < -0.3 is 14.6 Å². The van der Waals surface area contributed by atoms with Crippen molar-refractivity contribution in [2.45, 2.75) is 38.6 Å². The number of amides is 1. The van der Waals surface area contributed by atoms with Crippen LogP contribution in [0.5, 0.6) is 0 Å². The Labute approximate surface area is 173 Å². The van der Waals surface area contributed by atoms with Crippen LogP contribution in [-0.2, 0) is 4.79 Å². The number of hydrogen-bond acceptors (Lipinski definition) is 5. The molecule has 0 unspecified atom stereocenters. The maximum atomic E-state index is 12.9. The van der Waals surface area contributed by atoms with Gasteiger partial charge in [-0.05, 0) is 57.2 Å². The molecular weight excluding hydrogens is 352 g/mol. The van der Waals surface area contributed by atoms with Gasteiger partial charge in [-0.3, -0.25) is 4.79 Å². The molecule has 28 heavy (non-hydrogen) atoms. The Morgan fingerprint density at radius 2 is 1.96 bits per heavy atom. The van der Waals surface area contributed by atoms with Crippen molar-refractivity contribution in [2.75, 3.05) is 19.3 Å². The minimum atomic E-state index is -2.72. The summed E-state index contributed by atoms with van der Waals surface area (Å²) >= 11 is 0. The van der Waals surface area contributed by atoms with Gasteiger partial charge in [-0.25, -0.2) is 9.97 Å². The first-order valence-corrected chi connectivity index (χ1v) is 9.35. The van der Waals surface area contributed by atoms with Gasteiger partial charge in [0.05, 0.1) is 6.20 Å². The minimum absolute atomic E-state index is 0.207. The van der Waals surface area contributed by atoms with Crippen LogP contribution in [0, 0.1) is 12.8 Å². The van der Waals surface area contributed by atoms with Gasteiger partial charge in [-0.15, -0.1) is 0 Å². The van der Waals surface area contributed by atoms with Crippen molar-refractivity contribution in [3.63, 3.8) is 0 Å². The van der Waals surface area contributed by atoms with Crippen LogP contribution in [0.25, 0.3) is 22.1 Å². The number of fused-ring (bicyclic) bond motifs is 1. The molecule has 146 valence electrons. The molecule has 0 saturated heterocycles. The Kier molecular flexibility index (Phi) is 3.49. The number of carbonyl (C=O) groups excluding carboxylic acids is 1. The van der Waals surface area contributed by atoms with Crippen molar-refractivity contribution in [1.82, 2.24) is 14.9 Å². The second-order valence-electron chi connectivity index (χ2n) is 7.24. The molecule has 1 N–H and O–H groups in total. The van der Waals surface area contributed by atoms with Gasteiger partial charge in [0.1, 0.15) is 5.82 Å². The van der Waals surface area contributed by atoms with E-state index < -0.39 is 20.0 Å². The number of aryl methyl sites for hydroxylation is 1. The molecule has 1 aliphatic carbocycles. The predicted octanol–water partition coefficient (Wildman–Crippen LogP) is 4.26. The summed E-state index contributed by atoms with van der Waals surface area (Å²) in [6.45, 7) is -3.66. The van der Waals surface area contributed by atoms with Crippen LogP contribution in [-0.4, -0.2) is 40.8 Å². The number of anilines is 1. The first kappa shape index (κ1) is 12.7. The fourth-order valence-corrected chi connectivity index (χ4v) is 3.68. The summed E-state index contributed by atoms with van der Waals surface area (Å²) in [7, 11) is 0. The van der Waals surface area contributed by atoms with E-state index >= 15 is 0 Å². The lowest BCUT2D eigenvalue weighted by Gasteiger charge is -2.31. The number of oxazole rings is 1. The molecule has 1 aromatic carbocycles. The molecule has 1 amide bonds. The summed E-state index contributed by atoms with van der Waals surface area (Å²) in [5.74, 6) is 1.10. The highest BCUT2D eigenvalue weighted by molar-refractivity contribution is 5.94. The van der Waals surface area contributed by atoms with Crippen LogP contribution in [0.15, 0.2) is 41.1 Å².